The van der Waals surface area contributed by atoms with E-state index in [1.54, 1.807) is 0 Å². The van der Waals surface area contributed by atoms with Gasteiger partial charge in [-0.1, -0.05) is 0 Å². The van der Waals surface area contributed by atoms with Crippen molar-refractivity contribution in [3.8, 4) is 5.75 Å². The molecule has 6 nitrogen and oxygen atoms in total. The Kier molecular flexibility index (Phi) is 7.56. The van der Waals surface area contributed by atoms with E-state index in [1.807, 2.05) is 0 Å². The Morgan fingerprint density at radius 2 is 1.63 bits per heavy atom. The molecule has 0 bridgehead atoms. The molecule has 102 valence electrons. The summed E-state index contributed by atoms with van der Waals surface area (Å²) in [5.74, 6) is -0.0558. The summed E-state index contributed by atoms with van der Waals surface area (Å²) in [5, 5.41) is 0. The summed E-state index contributed by atoms with van der Waals surface area (Å²) in [5.41, 5.74) is 0. The molecular formula is C10H13NaO6S2. The maximum Gasteiger partial charge on any atom is 1.00 e. The fourth-order valence-electron chi connectivity index (χ4n) is 1.21. The summed E-state index contributed by atoms with van der Waals surface area (Å²) in [6, 6.07) is 5.74. The second kappa shape index (κ2) is 7.61. The van der Waals surface area contributed by atoms with Gasteiger partial charge in [0, 0.05) is 12.0 Å². The maximum atomic E-state index is 11.2. The quantitative estimate of drug-likeness (QED) is 0.324. The number of hydrogen-bond donors (Lipinski definition) is 0. The van der Waals surface area contributed by atoms with E-state index in [-0.39, 0.29) is 47.5 Å². The standard InChI is InChI=1S/C10H14O6S2.Na/c1-17(11,12)10-5-3-9(4-6-10)16-7-2-8-18(13,14)15;/h3-6H,2,7-8H2,1H3,(H,13,14,15);/q;+1/p-1. The average Bonchev–Trinajstić information content (AvgIpc) is 2.22. The molecule has 0 aromatic heterocycles. The van der Waals surface area contributed by atoms with Crippen molar-refractivity contribution >= 4 is 20.0 Å². The van der Waals surface area contributed by atoms with Crippen LogP contribution in [0, 0.1) is 0 Å². The van der Waals surface area contributed by atoms with Gasteiger partial charge in [0.05, 0.1) is 21.6 Å². The molecule has 0 aliphatic carbocycles. The molecule has 0 unspecified atom stereocenters. The van der Waals surface area contributed by atoms with Crippen LogP contribution in [0.1, 0.15) is 6.42 Å². The first kappa shape index (κ1) is 18.9. The zero-order valence-corrected chi connectivity index (χ0v) is 14.3. The Balaban J connectivity index is 0.00000324. The third kappa shape index (κ3) is 7.91. The van der Waals surface area contributed by atoms with Crippen LogP contribution < -0.4 is 34.3 Å². The summed E-state index contributed by atoms with van der Waals surface area (Å²) < 4.78 is 58.5. The predicted molar refractivity (Wildman–Crippen MR) is 64.2 cm³/mol. The Morgan fingerprint density at radius 1 is 1.11 bits per heavy atom. The van der Waals surface area contributed by atoms with Crippen LogP contribution in [-0.4, -0.2) is 40.0 Å². The van der Waals surface area contributed by atoms with Gasteiger partial charge in [-0.25, -0.2) is 16.8 Å². The van der Waals surface area contributed by atoms with Crippen molar-refractivity contribution in [3.63, 3.8) is 0 Å². The Morgan fingerprint density at radius 3 is 2.05 bits per heavy atom. The first-order chi connectivity index (χ1) is 8.18. The summed E-state index contributed by atoms with van der Waals surface area (Å²) in [6.45, 7) is 0.0830. The van der Waals surface area contributed by atoms with E-state index in [4.69, 9.17) is 4.74 Å². The van der Waals surface area contributed by atoms with Crippen molar-refractivity contribution < 1.29 is 55.7 Å². The van der Waals surface area contributed by atoms with Crippen molar-refractivity contribution in [2.45, 2.75) is 11.3 Å². The summed E-state index contributed by atoms with van der Waals surface area (Å²) in [6.07, 6.45) is 1.20. The Hall–Kier alpha value is -0.120. The molecule has 0 saturated heterocycles. The minimum Gasteiger partial charge on any atom is -0.748 e. The van der Waals surface area contributed by atoms with Crippen molar-refractivity contribution in [2.24, 2.45) is 0 Å². The molecule has 0 heterocycles. The van der Waals surface area contributed by atoms with Gasteiger partial charge in [0.1, 0.15) is 5.75 Å². The van der Waals surface area contributed by atoms with Gasteiger partial charge in [0.25, 0.3) is 0 Å². The minimum absolute atomic E-state index is 0. The van der Waals surface area contributed by atoms with E-state index in [9.17, 15) is 21.4 Å². The summed E-state index contributed by atoms with van der Waals surface area (Å²) in [7, 11) is -7.45. The SMILES string of the molecule is CS(=O)(=O)c1ccc(OCCCS(=O)(=O)[O-])cc1.[Na+]. The van der Waals surface area contributed by atoms with E-state index >= 15 is 0 Å². The van der Waals surface area contributed by atoms with Crippen LogP contribution in [-0.2, 0) is 20.0 Å². The van der Waals surface area contributed by atoms with Gasteiger partial charge in [-0.3, -0.25) is 0 Å². The van der Waals surface area contributed by atoms with Crippen molar-refractivity contribution in [1.29, 1.82) is 0 Å². The first-order valence-electron chi connectivity index (χ1n) is 5.05. The van der Waals surface area contributed by atoms with Gasteiger partial charge in [0.15, 0.2) is 9.84 Å². The molecule has 1 aromatic carbocycles. The smallest absolute Gasteiger partial charge is 0.748 e. The van der Waals surface area contributed by atoms with Gasteiger partial charge in [-0.15, -0.1) is 0 Å². The number of benzene rings is 1. The predicted octanol–water partition coefficient (Wildman–Crippen LogP) is -2.59. The molecule has 0 atom stereocenters. The molecule has 0 N–H and O–H groups in total. The second-order valence-corrected chi connectivity index (χ2v) is 7.25. The topological polar surface area (TPSA) is 101 Å². The van der Waals surface area contributed by atoms with Gasteiger partial charge in [0.2, 0.25) is 0 Å². The van der Waals surface area contributed by atoms with Crippen LogP contribution in [0.4, 0.5) is 0 Å². The van der Waals surface area contributed by atoms with Crippen molar-refractivity contribution in [2.75, 3.05) is 18.6 Å². The molecule has 1 rings (SSSR count). The van der Waals surface area contributed by atoms with E-state index in [1.165, 1.54) is 24.3 Å². The average molecular weight is 316 g/mol. The van der Waals surface area contributed by atoms with Crippen LogP contribution in [0.2, 0.25) is 0 Å². The third-order valence-corrected chi connectivity index (χ3v) is 3.98. The third-order valence-electron chi connectivity index (χ3n) is 2.06. The number of ether oxygens (including phenoxy) is 1. The largest absolute Gasteiger partial charge is 1.00 e. The van der Waals surface area contributed by atoms with Gasteiger partial charge in [-0.05, 0) is 30.7 Å². The van der Waals surface area contributed by atoms with Crippen LogP contribution >= 0.6 is 0 Å². The summed E-state index contributed by atoms with van der Waals surface area (Å²) in [4.78, 5) is 0.178. The van der Waals surface area contributed by atoms with Gasteiger partial charge in [-0.2, -0.15) is 0 Å². The Labute approximate surface area is 135 Å². The second-order valence-electron chi connectivity index (χ2n) is 3.71. The first-order valence-corrected chi connectivity index (χ1v) is 8.52. The fourth-order valence-corrected chi connectivity index (χ4v) is 2.31. The molecule has 0 fully saturated rings. The van der Waals surface area contributed by atoms with E-state index < -0.39 is 25.7 Å². The minimum atomic E-state index is -4.21. The van der Waals surface area contributed by atoms with Crippen molar-refractivity contribution in [1.82, 2.24) is 0 Å². The van der Waals surface area contributed by atoms with Gasteiger partial charge >= 0.3 is 29.6 Å². The Bertz CT molecular complexity index is 591. The fraction of sp³-hybridized carbons (Fsp3) is 0.400. The number of rotatable bonds is 6. The normalized spacial score (nSPS) is 11.7. The molecule has 0 spiro atoms. The van der Waals surface area contributed by atoms with E-state index in [2.05, 4.69) is 0 Å². The van der Waals surface area contributed by atoms with Crippen LogP contribution in [0.3, 0.4) is 0 Å². The molecular weight excluding hydrogens is 303 g/mol. The van der Waals surface area contributed by atoms with Crippen LogP contribution in [0.15, 0.2) is 29.2 Å². The molecule has 0 amide bonds. The molecule has 0 saturated carbocycles. The zero-order valence-electron chi connectivity index (χ0n) is 10.7. The van der Waals surface area contributed by atoms with Gasteiger partial charge < -0.3 is 9.29 Å². The molecule has 0 radical (unpaired) electrons. The molecule has 1 aromatic rings. The molecule has 0 aliphatic heterocycles. The molecule has 19 heavy (non-hydrogen) atoms. The number of sulfone groups is 1. The zero-order chi connectivity index (χ0) is 13.8. The monoisotopic (exact) mass is 316 g/mol. The van der Waals surface area contributed by atoms with E-state index in [0.717, 1.165) is 6.26 Å². The maximum absolute atomic E-state index is 11.2. The van der Waals surface area contributed by atoms with Crippen LogP contribution in [0.5, 0.6) is 5.75 Å². The van der Waals surface area contributed by atoms with Crippen LogP contribution in [0.25, 0.3) is 0 Å². The molecule has 9 heteroatoms. The number of hydrogen-bond acceptors (Lipinski definition) is 6. The molecule has 0 aliphatic rings. The van der Waals surface area contributed by atoms with Crippen molar-refractivity contribution in [3.05, 3.63) is 24.3 Å². The van der Waals surface area contributed by atoms with E-state index in [0.29, 0.717) is 5.75 Å². The summed E-state index contributed by atoms with van der Waals surface area (Å²) >= 11 is 0.